The lowest BCUT2D eigenvalue weighted by molar-refractivity contribution is 0.0632. The molecule has 0 spiro atoms. The highest BCUT2D eigenvalue weighted by Crippen LogP contribution is 2.40. The first-order chi connectivity index (χ1) is 18.4. The van der Waals surface area contributed by atoms with Gasteiger partial charge in [-0.1, -0.05) is 45.4 Å². The zero-order valence-electron chi connectivity index (χ0n) is 24.3. The van der Waals surface area contributed by atoms with E-state index >= 15 is 4.39 Å². The topological polar surface area (TPSA) is 73.9 Å². The van der Waals surface area contributed by atoms with Crippen molar-refractivity contribution in [3.05, 3.63) is 52.8 Å². The Morgan fingerprint density at radius 2 is 1.79 bits per heavy atom. The number of anilines is 1. The smallest absolute Gasteiger partial charge is 0.412 e. The number of carbonyl (C=O) groups excluding carboxylic acids is 2. The molecule has 216 valence electrons. The maximum Gasteiger partial charge on any atom is 0.412 e. The fraction of sp³-hybridized carbons (Fsp3) is 0.548. The predicted molar refractivity (Wildman–Crippen MR) is 155 cm³/mol. The quantitative estimate of drug-likeness (QED) is 0.114. The van der Waals surface area contributed by atoms with Crippen molar-refractivity contribution in [1.82, 2.24) is 0 Å². The molecule has 0 aliphatic heterocycles. The number of amides is 1. The summed E-state index contributed by atoms with van der Waals surface area (Å²) >= 11 is 6.24. The zero-order valence-corrected chi connectivity index (χ0v) is 25.0. The average Bonchev–Trinajstić information content (AvgIpc) is 2.85. The van der Waals surface area contributed by atoms with E-state index in [4.69, 9.17) is 25.8 Å². The fourth-order valence-electron chi connectivity index (χ4n) is 4.28. The molecule has 0 bridgehead atoms. The van der Waals surface area contributed by atoms with Crippen molar-refractivity contribution in [3.8, 4) is 11.5 Å². The van der Waals surface area contributed by atoms with E-state index in [1.165, 1.54) is 6.92 Å². The van der Waals surface area contributed by atoms with Gasteiger partial charge in [-0.15, -0.1) is 11.6 Å². The third-order valence-electron chi connectivity index (χ3n) is 6.08. The summed E-state index contributed by atoms with van der Waals surface area (Å²) in [5.74, 6) is 0.0509. The van der Waals surface area contributed by atoms with Gasteiger partial charge in [-0.2, -0.15) is 0 Å². The van der Waals surface area contributed by atoms with Crippen molar-refractivity contribution in [2.24, 2.45) is 11.8 Å². The van der Waals surface area contributed by atoms with Crippen molar-refractivity contribution in [3.63, 3.8) is 0 Å². The Bertz CT molecular complexity index is 1100. The van der Waals surface area contributed by atoms with Gasteiger partial charge in [0.1, 0.15) is 22.7 Å². The van der Waals surface area contributed by atoms with Gasteiger partial charge < -0.3 is 14.2 Å². The lowest BCUT2D eigenvalue weighted by Gasteiger charge is -2.25. The minimum atomic E-state index is -0.785. The van der Waals surface area contributed by atoms with E-state index in [0.29, 0.717) is 36.8 Å². The number of para-hydroxylation sites is 1. The second kappa shape index (κ2) is 15.1. The average molecular weight is 564 g/mol. The Morgan fingerprint density at radius 1 is 1.13 bits per heavy atom. The van der Waals surface area contributed by atoms with Crippen molar-refractivity contribution in [2.75, 3.05) is 17.8 Å². The van der Waals surface area contributed by atoms with Gasteiger partial charge in [-0.05, 0) is 77.3 Å². The molecular weight excluding hydrogens is 521 g/mol. The molecule has 0 heterocycles. The van der Waals surface area contributed by atoms with Gasteiger partial charge in [-0.3, -0.25) is 5.32 Å². The monoisotopic (exact) mass is 563 g/mol. The molecule has 0 aromatic heterocycles. The summed E-state index contributed by atoms with van der Waals surface area (Å²) in [6, 6.07) is 8.54. The second-order valence-electron chi connectivity index (χ2n) is 11.2. The number of alkyl halides is 1. The molecule has 0 aliphatic carbocycles. The Morgan fingerprint density at radius 3 is 2.36 bits per heavy atom. The molecule has 6 nitrogen and oxygen atoms in total. The van der Waals surface area contributed by atoms with Crippen LogP contribution in [0, 0.1) is 24.6 Å². The first-order valence-corrected chi connectivity index (χ1v) is 14.2. The number of unbranched alkanes of at least 4 members (excludes halogenated alkanes) is 1. The van der Waals surface area contributed by atoms with Gasteiger partial charge in [0.15, 0.2) is 5.75 Å². The van der Waals surface area contributed by atoms with E-state index in [1.807, 2.05) is 6.92 Å². The molecule has 2 aromatic carbocycles. The first kappa shape index (κ1) is 32.4. The van der Waals surface area contributed by atoms with E-state index in [0.717, 1.165) is 12.8 Å². The lowest BCUT2D eigenvalue weighted by atomic mass is 9.90. The standard InChI is InChI=1S/C31H43ClFNO5/c1-8-9-17-37-28-25(29(35)38-23-13-11-10-12-14-23)21(4)26(33)24(16-15-22(19-32)18-20(2)3)27(28)34-30(36)39-31(5,6)7/h10-14,20,22H,8-9,15-19H2,1-7H3,(H,34,36)/t22-/m1/s1. The number of rotatable bonds is 13. The van der Waals surface area contributed by atoms with Crippen LogP contribution in [-0.2, 0) is 11.2 Å². The van der Waals surface area contributed by atoms with E-state index in [1.54, 1.807) is 51.1 Å². The summed E-state index contributed by atoms with van der Waals surface area (Å²) in [6.45, 7) is 13.3. The van der Waals surface area contributed by atoms with Gasteiger partial charge >= 0.3 is 12.1 Å². The maximum atomic E-state index is 16.1. The molecule has 0 unspecified atom stereocenters. The van der Waals surface area contributed by atoms with Gasteiger partial charge in [0.05, 0.1) is 12.3 Å². The molecular formula is C31H43ClFNO5. The minimum Gasteiger partial charge on any atom is -0.490 e. The van der Waals surface area contributed by atoms with Crippen molar-refractivity contribution >= 4 is 29.4 Å². The normalized spacial score (nSPS) is 12.3. The van der Waals surface area contributed by atoms with Crippen LogP contribution in [-0.4, -0.2) is 30.2 Å². The summed E-state index contributed by atoms with van der Waals surface area (Å²) in [5.41, 5.74) is -0.426. The highest BCUT2D eigenvalue weighted by molar-refractivity contribution is 6.18. The number of carbonyl (C=O) groups is 2. The number of esters is 1. The molecule has 1 amide bonds. The van der Waals surface area contributed by atoms with Crippen LogP contribution in [0.3, 0.4) is 0 Å². The summed E-state index contributed by atoms with van der Waals surface area (Å²) in [7, 11) is 0. The van der Waals surface area contributed by atoms with E-state index in [9.17, 15) is 9.59 Å². The van der Waals surface area contributed by atoms with Gasteiger partial charge in [0.25, 0.3) is 0 Å². The maximum absolute atomic E-state index is 16.1. The molecule has 1 N–H and O–H groups in total. The molecule has 0 saturated carbocycles. The minimum absolute atomic E-state index is 0.0710. The molecule has 0 radical (unpaired) electrons. The molecule has 2 aromatic rings. The van der Waals surface area contributed by atoms with Gasteiger partial charge in [0, 0.05) is 17.0 Å². The van der Waals surface area contributed by atoms with Crippen LogP contribution in [0.5, 0.6) is 11.5 Å². The molecule has 39 heavy (non-hydrogen) atoms. The molecule has 0 fully saturated rings. The predicted octanol–water partition coefficient (Wildman–Crippen LogP) is 8.71. The Hall–Kier alpha value is -2.80. The summed E-state index contributed by atoms with van der Waals surface area (Å²) < 4.78 is 33.3. The van der Waals surface area contributed by atoms with Gasteiger partial charge in [0.2, 0.25) is 0 Å². The molecule has 8 heteroatoms. The molecule has 0 aliphatic rings. The van der Waals surface area contributed by atoms with Crippen molar-refractivity contribution in [2.45, 2.75) is 86.2 Å². The SMILES string of the molecule is CCCCOc1c(NC(=O)OC(C)(C)C)c(CC[C@@H](CCl)CC(C)C)c(F)c(C)c1C(=O)Oc1ccccc1. The summed E-state index contributed by atoms with van der Waals surface area (Å²) in [6.07, 6.45) is 2.56. The molecule has 0 saturated heterocycles. The fourth-order valence-corrected chi connectivity index (χ4v) is 4.56. The number of benzene rings is 2. The van der Waals surface area contributed by atoms with Gasteiger partial charge in [-0.25, -0.2) is 14.0 Å². The van der Waals surface area contributed by atoms with Crippen molar-refractivity contribution in [1.29, 1.82) is 0 Å². The second-order valence-corrected chi connectivity index (χ2v) is 11.5. The largest absolute Gasteiger partial charge is 0.490 e. The summed E-state index contributed by atoms with van der Waals surface area (Å²) in [4.78, 5) is 26.3. The van der Waals surface area contributed by atoms with Crippen LogP contribution in [0.4, 0.5) is 14.9 Å². The highest BCUT2D eigenvalue weighted by Gasteiger charge is 2.31. The summed E-state index contributed by atoms with van der Waals surface area (Å²) in [5, 5.41) is 2.71. The number of hydrogen-bond acceptors (Lipinski definition) is 5. The third kappa shape index (κ3) is 10.0. The number of nitrogens with one attached hydrogen (secondary N) is 1. The van der Waals surface area contributed by atoms with Crippen LogP contribution in [0.1, 0.15) is 88.7 Å². The number of hydrogen-bond donors (Lipinski definition) is 1. The molecule has 1 atom stereocenters. The Kier molecular flexibility index (Phi) is 12.6. The third-order valence-corrected chi connectivity index (χ3v) is 6.52. The van der Waals surface area contributed by atoms with E-state index in [-0.39, 0.29) is 40.7 Å². The lowest BCUT2D eigenvalue weighted by Crippen LogP contribution is -2.28. The van der Waals surface area contributed by atoms with E-state index in [2.05, 4.69) is 19.2 Å². The number of halogens is 2. The number of ether oxygens (including phenoxy) is 3. The Labute approximate surface area is 237 Å². The van der Waals surface area contributed by atoms with Crippen LogP contribution < -0.4 is 14.8 Å². The van der Waals surface area contributed by atoms with Crippen molar-refractivity contribution < 1.29 is 28.2 Å². The zero-order chi connectivity index (χ0) is 29.2. The van der Waals surface area contributed by atoms with Crippen LogP contribution in [0.25, 0.3) is 0 Å². The van der Waals surface area contributed by atoms with Crippen LogP contribution in [0.15, 0.2) is 30.3 Å². The highest BCUT2D eigenvalue weighted by atomic mass is 35.5. The Balaban J connectivity index is 2.66. The first-order valence-electron chi connectivity index (χ1n) is 13.7. The van der Waals surface area contributed by atoms with E-state index < -0.39 is 23.5 Å². The molecule has 2 rings (SSSR count). The van der Waals surface area contributed by atoms with Crippen LogP contribution >= 0.6 is 11.6 Å². The van der Waals surface area contributed by atoms with Crippen LogP contribution in [0.2, 0.25) is 0 Å².